The second kappa shape index (κ2) is 7.74. The minimum Gasteiger partial charge on any atom is -0.395 e. The van der Waals surface area contributed by atoms with Crippen LogP contribution in [0.25, 0.3) is 0 Å². The number of nitrogens with two attached hydrogens (primary N) is 1. The zero-order valence-electron chi connectivity index (χ0n) is 12.5. The zero-order chi connectivity index (χ0) is 14.4. The molecule has 1 aromatic rings. The van der Waals surface area contributed by atoms with Gasteiger partial charge in [-0.1, -0.05) is 29.8 Å². The van der Waals surface area contributed by atoms with E-state index in [1.165, 1.54) is 11.1 Å². The molecule has 1 atom stereocenters. The van der Waals surface area contributed by atoms with Crippen molar-refractivity contribution in [2.24, 2.45) is 5.73 Å². The zero-order valence-corrected chi connectivity index (χ0v) is 12.5. The van der Waals surface area contributed by atoms with E-state index in [0.29, 0.717) is 0 Å². The third-order valence-electron chi connectivity index (χ3n) is 4.14. The van der Waals surface area contributed by atoms with E-state index < -0.39 is 0 Å². The van der Waals surface area contributed by atoms with Crippen LogP contribution in [0.2, 0.25) is 0 Å². The largest absolute Gasteiger partial charge is 0.395 e. The summed E-state index contributed by atoms with van der Waals surface area (Å²) in [4.78, 5) is 4.79. The van der Waals surface area contributed by atoms with Crippen LogP contribution in [0.4, 0.5) is 0 Å². The lowest BCUT2D eigenvalue weighted by atomic mass is 10.0. The van der Waals surface area contributed by atoms with Gasteiger partial charge in [0.2, 0.25) is 0 Å². The molecule has 1 aliphatic heterocycles. The van der Waals surface area contributed by atoms with Crippen LogP contribution < -0.4 is 5.73 Å². The number of nitrogens with zero attached hydrogens (tertiary/aromatic N) is 2. The number of hydrogen-bond acceptors (Lipinski definition) is 4. The molecule has 1 aromatic carbocycles. The fourth-order valence-corrected chi connectivity index (χ4v) is 2.68. The Labute approximate surface area is 122 Å². The third kappa shape index (κ3) is 4.56. The van der Waals surface area contributed by atoms with Gasteiger partial charge in [0.05, 0.1) is 6.61 Å². The number of aliphatic hydroxyl groups is 1. The molecule has 0 saturated carbocycles. The number of β-amino-alcohol motifs (C(OH)–C–C–N with tert-alkyl or cyclic N) is 1. The lowest BCUT2D eigenvalue weighted by Gasteiger charge is -2.34. The number of piperazine rings is 1. The van der Waals surface area contributed by atoms with Gasteiger partial charge in [-0.3, -0.25) is 4.90 Å². The Kier molecular flexibility index (Phi) is 5.98. The van der Waals surface area contributed by atoms with Crippen LogP contribution in [0.5, 0.6) is 0 Å². The molecule has 0 aromatic heterocycles. The van der Waals surface area contributed by atoms with Crippen molar-refractivity contribution in [3.63, 3.8) is 0 Å². The van der Waals surface area contributed by atoms with Crippen molar-refractivity contribution in [1.29, 1.82) is 0 Å². The van der Waals surface area contributed by atoms with Gasteiger partial charge in [-0.2, -0.15) is 0 Å². The molecule has 112 valence electrons. The van der Waals surface area contributed by atoms with Gasteiger partial charge in [-0.05, 0) is 18.9 Å². The molecule has 4 heteroatoms. The maximum atomic E-state index is 8.93. The summed E-state index contributed by atoms with van der Waals surface area (Å²) in [6, 6.07) is 8.66. The van der Waals surface area contributed by atoms with Crippen LogP contribution in [0.1, 0.15) is 23.6 Å². The molecule has 0 radical (unpaired) electrons. The molecule has 2 rings (SSSR count). The number of rotatable bonds is 6. The lowest BCUT2D eigenvalue weighted by Crippen LogP contribution is -2.47. The second-order valence-electron chi connectivity index (χ2n) is 5.71. The topological polar surface area (TPSA) is 52.7 Å². The average Bonchev–Trinajstić information content (AvgIpc) is 2.47. The standard InChI is InChI=1S/C16H27N3O/c1-14-2-4-15(5-3-14)16(17)6-7-18-8-10-19(11-9-18)12-13-20/h2-5,16,20H,6-13,17H2,1H3. The van der Waals surface area contributed by atoms with Gasteiger partial charge >= 0.3 is 0 Å². The van der Waals surface area contributed by atoms with Crippen LogP contribution in [-0.4, -0.2) is 60.8 Å². The van der Waals surface area contributed by atoms with Gasteiger partial charge in [0.1, 0.15) is 0 Å². The summed E-state index contributed by atoms with van der Waals surface area (Å²) in [5.74, 6) is 0. The smallest absolute Gasteiger partial charge is 0.0558 e. The van der Waals surface area contributed by atoms with Gasteiger partial charge in [0, 0.05) is 45.3 Å². The Morgan fingerprint density at radius 1 is 1.05 bits per heavy atom. The van der Waals surface area contributed by atoms with E-state index in [1.54, 1.807) is 0 Å². The molecule has 4 nitrogen and oxygen atoms in total. The quantitative estimate of drug-likeness (QED) is 0.814. The molecule has 1 aliphatic rings. The first-order valence-corrected chi connectivity index (χ1v) is 7.57. The monoisotopic (exact) mass is 277 g/mol. The highest BCUT2D eigenvalue weighted by molar-refractivity contribution is 5.23. The third-order valence-corrected chi connectivity index (χ3v) is 4.14. The summed E-state index contributed by atoms with van der Waals surface area (Å²) in [5, 5.41) is 8.93. The van der Waals surface area contributed by atoms with Crippen LogP contribution in [0, 0.1) is 6.92 Å². The molecule has 1 heterocycles. The van der Waals surface area contributed by atoms with Crippen molar-refractivity contribution < 1.29 is 5.11 Å². The minimum atomic E-state index is 0.131. The van der Waals surface area contributed by atoms with E-state index in [-0.39, 0.29) is 12.6 Å². The Hall–Kier alpha value is -0.940. The van der Waals surface area contributed by atoms with E-state index in [4.69, 9.17) is 10.8 Å². The van der Waals surface area contributed by atoms with Gasteiger partial charge in [0.25, 0.3) is 0 Å². The van der Waals surface area contributed by atoms with Crippen molar-refractivity contribution >= 4 is 0 Å². The first kappa shape index (κ1) is 15.4. The lowest BCUT2D eigenvalue weighted by molar-refractivity contribution is 0.110. The molecule has 1 fully saturated rings. The Morgan fingerprint density at radius 2 is 1.60 bits per heavy atom. The van der Waals surface area contributed by atoms with Crippen LogP contribution >= 0.6 is 0 Å². The van der Waals surface area contributed by atoms with E-state index in [0.717, 1.165) is 45.7 Å². The molecule has 1 saturated heterocycles. The van der Waals surface area contributed by atoms with Gasteiger partial charge in [-0.25, -0.2) is 0 Å². The molecule has 3 N–H and O–H groups in total. The normalized spacial score (nSPS) is 19.1. The highest BCUT2D eigenvalue weighted by atomic mass is 16.3. The predicted molar refractivity (Wildman–Crippen MR) is 82.7 cm³/mol. The van der Waals surface area contributed by atoms with Crippen molar-refractivity contribution in [3.8, 4) is 0 Å². The van der Waals surface area contributed by atoms with Crippen molar-refractivity contribution in [2.45, 2.75) is 19.4 Å². The Bertz CT molecular complexity index is 385. The van der Waals surface area contributed by atoms with E-state index in [1.807, 2.05) is 0 Å². The first-order chi connectivity index (χ1) is 9.69. The number of hydrogen-bond donors (Lipinski definition) is 2. The average molecular weight is 277 g/mol. The van der Waals surface area contributed by atoms with E-state index >= 15 is 0 Å². The van der Waals surface area contributed by atoms with Gasteiger partial charge < -0.3 is 15.7 Å². The van der Waals surface area contributed by atoms with Crippen molar-refractivity contribution in [3.05, 3.63) is 35.4 Å². The Morgan fingerprint density at radius 3 is 2.15 bits per heavy atom. The molecule has 20 heavy (non-hydrogen) atoms. The molecule has 0 aliphatic carbocycles. The minimum absolute atomic E-state index is 0.131. The SMILES string of the molecule is Cc1ccc(C(N)CCN2CCN(CCO)CC2)cc1. The molecule has 1 unspecified atom stereocenters. The van der Waals surface area contributed by atoms with Crippen LogP contribution in [0.3, 0.4) is 0 Å². The molecule has 0 bridgehead atoms. The molecule has 0 spiro atoms. The fourth-order valence-electron chi connectivity index (χ4n) is 2.68. The van der Waals surface area contributed by atoms with Crippen LogP contribution in [-0.2, 0) is 0 Å². The highest BCUT2D eigenvalue weighted by Gasteiger charge is 2.17. The predicted octanol–water partition coefficient (Wildman–Crippen LogP) is 0.995. The van der Waals surface area contributed by atoms with Crippen molar-refractivity contribution in [1.82, 2.24) is 9.80 Å². The van der Waals surface area contributed by atoms with E-state index in [9.17, 15) is 0 Å². The maximum absolute atomic E-state index is 8.93. The van der Waals surface area contributed by atoms with Crippen LogP contribution in [0.15, 0.2) is 24.3 Å². The van der Waals surface area contributed by atoms with E-state index in [2.05, 4.69) is 41.0 Å². The number of benzene rings is 1. The summed E-state index contributed by atoms with van der Waals surface area (Å²) >= 11 is 0. The second-order valence-corrected chi connectivity index (χ2v) is 5.71. The molecule has 0 amide bonds. The number of aliphatic hydroxyl groups excluding tert-OH is 1. The van der Waals surface area contributed by atoms with Crippen molar-refractivity contribution in [2.75, 3.05) is 45.9 Å². The Balaban J connectivity index is 1.71. The van der Waals surface area contributed by atoms with Gasteiger partial charge in [-0.15, -0.1) is 0 Å². The summed E-state index contributed by atoms with van der Waals surface area (Å²) in [6.07, 6.45) is 1.00. The maximum Gasteiger partial charge on any atom is 0.0558 e. The fraction of sp³-hybridized carbons (Fsp3) is 0.625. The molecular weight excluding hydrogens is 250 g/mol. The summed E-state index contributed by atoms with van der Waals surface area (Å²) in [5.41, 5.74) is 8.78. The first-order valence-electron chi connectivity index (χ1n) is 7.57. The summed E-state index contributed by atoms with van der Waals surface area (Å²) < 4.78 is 0. The highest BCUT2D eigenvalue weighted by Crippen LogP contribution is 2.15. The summed E-state index contributed by atoms with van der Waals surface area (Å²) in [7, 11) is 0. The van der Waals surface area contributed by atoms with Gasteiger partial charge in [0.15, 0.2) is 0 Å². The summed E-state index contributed by atoms with van der Waals surface area (Å²) in [6.45, 7) is 8.50. The number of aryl methyl sites for hydroxylation is 1. The molecular formula is C16H27N3O.